The van der Waals surface area contributed by atoms with E-state index in [0.29, 0.717) is 16.7 Å². The van der Waals surface area contributed by atoms with E-state index >= 15 is 0 Å². The summed E-state index contributed by atoms with van der Waals surface area (Å²) in [6.45, 7) is 23.5. The van der Waals surface area contributed by atoms with Crippen molar-refractivity contribution in [1.29, 1.82) is 0 Å². The summed E-state index contributed by atoms with van der Waals surface area (Å²) in [6, 6.07) is 0. The van der Waals surface area contributed by atoms with Gasteiger partial charge in [0.05, 0.1) is 36.6 Å². The van der Waals surface area contributed by atoms with E-state index in [2.05, 4.69) is 17.8 Å². The van der Waals surface area contributed by atoms with Crippen LogP contribution in [-0.4, -0.2) is 83.7 Å². The second kappa shape index (κ2) is 22.1. The second-order valence-corrected chi connectivity index (χ2v) is 17.6. The molecule has 0 saturated carbocycles. The molecule has 0 aromatic heterocycles. The summed E-state index contributed by atoms with van der Waals surface area (Å²) in [4.78, 5) is 82.4. The molecule has 0 heterocycles. The average Bonchev–Trinajstić information content (AvgIpc) is 3.69. The summed E-state index contributed by atoms with van der Waals surface area (Å²) >= 11 is 0. The maximum Gasteiger partial charge on any atom is 0.325 e. The maximum absolute atomic E-state index is 14.0. The van der Waals surface area contributed by atoms with E-state index in [1.165, 1.54) is 0 Å². The molecule has 0 aromatic carbocycles. The molecule has 0 radical (unpaired) electrons. The molecule has 0 amide bonds. The Kier molecular flexibility index (Phi) is 18.8. The molecule has 0 bridgehead atoms. The normalized spacial score (nSPS) is 16.5. The highest BCUT2D eigenvalue weighted by molar-refractivity contribution is 6.03. The third-order valence-corrected chi connectivity index (χ3v) is 9.51. The number of terminal acetylenes is 1. The Bertz CT molecular complexity index is 1830. The number of ether oxygens (including phenoxy) is 6. The molecule has 2 aliphatic rings. The molecule has 2 aliphatic carbocycles. The third-order valence-electron chi connectivity index (χ3n) is 9.51. The summed E-state index contributed by atoms with van der Waals surface area (Å²) in [6.07, 6.45) is 4.08. The number of carbonyl (C=O) groups is 6. The van der Waals surface area contributed by atoms with Crippen LogP contribution in [0.4, 0.5) is 0 Å². The molecule has 336 valence electrons. The predicted octanol–water partition coefficient (Wildman–Crippen LogP) is 7.14. The van der Waals surface area contributed by atoms with Gasteiger partial charge < -0.3 is 33.5 Å². The maximum atomic E-state index is 14.0. The monoisotopic (exact) mass is 850 g/mol. The van der Waals surface area contributed by atoms with Crippen LogP contribution >= 0.6 is 0 Å². The van der Waals surface area contributed by atoms with E-state index in [9.17, 15) is 33.9 Å². The molecule has 1 N–H and O–H groups in total. The van der Waals surface area contributed by atoms with Crippen LogP contribution in [0.1, 0.15) is 135 Å². The first-order chi connectivity index (χ1) is 28.3. The van der Waals surface area contributed by atoms with Crippen LogP contribution in [0.15, 0.2) is 46.1 Å². The van der Waals surface area contributed by atoms with Gasteiger partial charge in [-0.1, -0.05) is 35.6 Å². The van der Waals surface area contributed by atoms with Gasteiger partial charge in [-0.05, 0) is 145 Å². The number of aliphatic hydroxyl groups is 1. The molecule has 0 fully saturated rings. The van der Waals surface area contributed by atoms with Crippen molar-refractivity contribution in [2.75, 3.05) is 0 Å². The Hall–Kier alpha value is -5.14. The number of hydrogen-bond acceptors (Lipinski definition) is 13. The van der Waals surface area contributed by atoms with Crippen molar-refractivity contribution in [3.8, 4) is 24.2 Å². The zero-order valence-corrected chi connectivity index (χ0v) is 38.4. The molecule has 0 spiro atoms. The Balaban J connectivity index is 2.90. The zero-order valence-electron chi connectivity index (χ0n) is 38.4. The number of aliphatic hydroxyl groups excluding tert-OH is 1. The molecule has 2 rings (SSSR count). The fraction of sp³-hybridized carbons (Fsp3) is 0.625. The standard InChI is InChI=1S/C48H66O13/c1-16-21-46(40(50)56-29(4)5,41(51)57-30(6)7)22-17-18-39(49)38-27-48(44(54)60-33(12)13,45(55)61-34(14)15)25-36(38)20-19-35-24-47(42(52)58-31(8)9,43(53)59-32(10)11)26-37(35)23-28(2)3/h1,19-20,23,29-34,39,49H,21-22,24-27H2,2-15H3/b20-19+. The molecule has 1 unspecified atom stereocenters. The molecule has 13 nitrogen and oxygen atoms in total. The lowest BCUT2D eigenvalue weighted by molar-refractivity contribution is -0.178. The summed E-state index contributed by atoms with van der Waals surface area (Å²) in [5.41, 5.74) is -3.03. The SMILES string of the molecule is C#CCC(CC#CC(O)C1=C(/C=C/C2=C(C=C(C)C)CC(C(=O)OC(C)C)(C(=O)OC(C)C)C2)CC(C(=O)OC(C)C)(C(=O)OC(C)C)C1)(C(=O)OC(C)C)C(=O)OC(C)C. The quantitative estimate of drug-likeness (QED) is 0.0638. The highest BCUT2D eigenvalue weighted by atomic mass is 16.6. The zero-order chi connectivity index (χ0) is 46.6. The fourth-order valence-electron chi connectivity index (χ4n) is 6.88. The smallest absolute Gasteiger partial charge is 0.325 e. The summed E-state index contributed by atoms with van der Waals surface area (Å²) in [7, 11) is 0. The first kappa shape index (κ1) is 52.0. The van der Waals surface area contributed by atoms with Crippen molar-refractivity contribution in [1.82, 2.24) is 0 Å². The number of hydrogen-bond donors (Lipinski definition) is 1. The molecular formula is C48H66O13. The van der Waals surface area contributed by atoms with Crippen molar-refractivity contribution in [2.24, 2.45) is 16.2 Å². The van der Waals surface area contributed by atoms with Crippen molar-refractivity contribution in [2.45, 2.75) is 178 Å². The molecule has 0 aliphatic heterocycles. The fourth-order valence-corrected chi connectivity index (χ4v) is 6.88. The average molecular weight is 851 g/mol. The van der Waals surface area contributed by atoms with Crippen LogP contribution < -0.4 is 0 Å². The lowest BCUT2D eigenvalue weighted by atomic mass is 9.81. The second-order valence-electron chi connectivity index (χ2n) is 17.6. The minimum absolute atomic E-state index is 0.0156. The first-order valence-corrected chi connectivity index (χ1v) is 20.9. The van der Waals surface area contributed by atoms with Gasteiger partial charge in [-0.2, -0.15) is 0 Å². The van der Waals surface area contributed by atoms with Gasteiger partial charge in [0, 0.05) is 12.8 Å². The first-order valence-electron chi connectivity index (χ1n) is 20.9. The Morgan fingerprint density at radius 2 is 0.951 bits per heavy atom. The lowest BCUT2D eigenvalue weighted by Crippen LogP contribution is -2.43. The van der Waals surface area contributed by atoms with Gasteiger partial charge in [-0.15, -0.1) is 12.3 Å². The molecule has 61 heavy (non-hydrogen) atoms. The van der Waals surface area contributed by atoms with Gasteiger partial charge in [-0.25, -0.2) is 0 Å². The topological polar surface area (TPSA) is 178 Å². The van der Waals surface area contributed by atoms with Gasteiger partial charge in [0.1, 0.15) is 6.10 Å². The van der Waals surface area contributed by atoms with E-state index in [4.69, 9.17) is 34.8 Å². The number of rotatable bonds is 18. The number of allylic oxidation sites excluding steroid dienone is 7. The van der Waals surface area contributed by atoms with Crippen LogP contribution in [-0.2, 0) is 57.2 Å². The molecule has 0 aromatic rings. The number of esters is 6. The van der Waals surface area contributed by atoms with Crippen molar-refractivity contribution in [3.63, 3.8) is 0 Å². The van der Waals surface area contributed by atoms with Crippen LogP contribution in [0.3, 0.4) is 0 Å². The molecule has 0 saturated heterocycles. The van der Waals surface area contributed by atoms with E-state index < -0.39 is 108 Å². The highest BCUT2D eigenvalue weighted by Gasteiger charge is 2.56. The minimum Gasteiger partial charge on any atom is -0.462 e. The van der Waals surface area contributed by atoms with Gasteiger partial charge in [0.2, 0.25) is 0 Å². The molecule has 1 atom stereocenters. The van der Waals surface area contributed by atoms with Crippen LogP contribution in [0.25, 0.3) is 0 Å². The van der Waals surface area contributed by atoms with Crippen molar-refractivity contribution >= 4 is 35.8 Å². The van der Waals surface area contributed by atoms with Gasteiger partial charge in [-0.3, -0.25) is 28.8 Å². The van der Waals surface area contributed by atoms with E-state index in [-0.39, 0.29) is 31.3 Å². The number of carbonyl (C=O) groups excluding carboxylic acids is 6. The minimum atomic E-state index is -2.02. The van der Waals surface area contributed by atoms with Crippen LogP contribution in [0.2, 0.25) is 0 Å². The molecular weight excluding hydrogens is 785 g/mol. The van der Waals surface area contributed by atoms with Crippen molar-refractivity contribution < 1.29 is 62.3 Å². The summed E-state index contributed by atoms with van der Waals surface area (Å²) in [5, 5.41) is 11.8. The van der Waals surface area contributed by atoms with Crippen LogP contribution in [0, 0.1) is 40.4 Å². The van der Waals surface area contributed by atoms with Gasteiger partial charge in [0.25, 0.3) is 0 Å². The third kappa shape index (κ3) is 13.4. The summed E-state index contributed by atoms with van der Waals surface area (Å²) < 4.78 is 33.3. The lowest BCUT2D eigenvalue weighted by Gasteiger charge is -2.28. The van der Waals surface area contributed by atoms with Gasteiger partial charge >= 0.3 is 35.8 Å². The van der Waals surface area contributed by atoms with Crippen molar-refractivity contribution in [3.05, 3.63) is 46.1 Å². The highest BCUT2D eigenvalue weighted by Crippen LogP contribution is 2.49. The van der Waals surface area contributed by atoms with Gasteiger partial charge in [0.15, 0.2) is 16.2 Å². The van der Waals surface area contributed by atoms with E-state index in [1.807, 2.05) is 19.9 Å². The van der Waals surface area contributed by atoms with E-state index in [0.717, 1.165) is 5.57 Å². The largest absolute Gasteiger partial charge is 0.462 e. The Morgan fingerprint density at radius 1 is 0.590 bits per heavy atom. The Labute approximate surface area is 362 Å². The van der Waals surface area contributed by atoms with Crippen LogP contribution in [0.5, 0.6) is 0 Å². The van der Waals surface area contributed by atoms with E-state index in [1.54, 1.807) is 95.2 Å². The summed E-state index contributed by atoms with van der Waals surface area (Å²) in [5.74, 6) is 2.74. The predicted molar refractivity (Wildman–Crippen MR) is 228 cm³/mol. The molecule has 13 heteroatoms. The Morgan fingerprint density at radius 3 is 1.33 bits per heavy atom.